The monoisotopic (exact) mass is 532 g/mol. The van der Waals surface area contributed by atoms with Crippen LogP contribution in [0.5, 0.6) is 0 Å². The third kappa shape index (κ3) is 3.92. The van der Waals surface area contributed by atoms with Crippen LogP contribution >= 0.6 is 0 Å². The predicted octanol–water partition coefficient (Wildman–Crippen LogP) is 11.8. The van der Waals surface area contributed by atoms with Crippen molar-refractivity contribution >= 4 is 32.3 Å². The second-order valence-corrected chi connectivity index (χ2v) is 10.8. The molecule has 0 atom stereocenters. The first kappa shape index (κ1) is 24.3. The van der Waals surface area contributed by atoms with E-state index >= 15 is 0 Å². The van der Waals surface area contributed by atoms with Crippen LogP contribution in [0.15, 0.2) is 170 Å². The standard InChI is InChI=1S/C42H28/c1-3-16-30(17-4-1)40-35-22-9-11-24-37(35)42(38-25-12-10-23-36(38)40)39-28-14-27-34(41(39)31-18-5-2-6-19-31)33-26-13-20-29-15-7-8-21-32(29)33/h1-28H. The Balaban J connectivity index is 1.54. The first-order valence-electron chi connectivity index (χ1n) is 14.5. The van der Waals surface area contributed by atoms with Gasteiger partial charge in [-0.05, 0) is 76.8 Å². The van der Waals surface area contributed by atoms with Crippen LogP contribution in [0.3, 0.4) is 0 Å². The zero-order chi connectivity index (χ0) is 27.9. The van der Waals surface area contributed by atoms with Gasteiger partial charge in [-0.3, -0.25) is 0 Å². The minimum Gasteiger partial charge on any atom is -0.0622 e. The lowest BCUT2D eigenvalue weighted by atomic mass is 9.81. The van der Waals surface area contributed by atoms with Gasteiger partial charge in [-0.2, -0.15) is 0 Å². The molecule has 0 heterocycles. The maximum absolute atomic E-state index is 2.31. The first-order valence-corrected chi connectivity index (χ1v) is 14.5. The zero-order valence-corrected chi connectivity index (χ0v) is 23.2. The van der Waals surface area contributed by atoms with Crippen molar-refractivity contribution in [2.75, 3.05) is 0 Å². The third-order valence-corrected chi connectivity index (χ3v) is 8.47. The van der Waals surface area contributed by atoms with E-state index in [0.29, 0.717) is 0 Å². The second kappa shape index (κ2) is 10.2. The molecule has 196 valence electrons. The Morgan fingerprint density at radius 1 is 0.214 bits per heavy atom. The molecule has 0 spiro atoms. The van der Waals surface area contributed by atoms with Crippen LogP contribution in [-0.2, 0) is 0 Å². The summed E-state index contributed by atoms with van der Waals surface area (Å²) in [5, 5.41) is 7.59. The Labute approximate surface area is 246 Å². The van der Waals surface area contributed by atoms with E-state index in [0.717, 1.165) is 0 Å². The van der Waals surface area contributed by atoms with Gasteiger partial charge in [0.15, 0.2) is 0 Å². The lowest BCUT2D eigenvalue weighted by Crippen LogP contribution is -1.95. The van der Waals surface area contributed by atoms with Crippen molar-refractivity contribution in [3.63, 3.8) is 0 Å². The lowest BCUT2D eigenvalue weighted by Gasteiger charge is -2.22. The lowest BCUT2D eigenvalue weighted by molar-refractivity contribution is 1.59. The molecule has 42 heavy (non-hydrogen) atoms. The van der Waals surface area contributed by atoms with E-state index in [1.807, 2.05) is 0 Å². The van der Waals surface area contributed by atoms with Gasteiger partial charge in [-0.1, -0.05) is 170 Å². The molecule has 0 aliphatic rings. The van der Waals surface area contributed by atoms with Crippen molar-refractivity contribution < 1.29 is 0 Å². The Morgan fingerprint density at radius 2 is 0.619 bits per heavy atom. The van der Waals surface area contributed by atoms with E-state index in [4.69, 9.17) is 0 Å². The summed E-state index contributed by atoms with van der Waals surface area (Å²) in [5.41, 5.74) is 10.0. The molecule has 0 amide bonds. The van der Waals surface area contributed by atoms with E-state index in [-0.39, 0.29) is 0 Å². The highest BCUT2D eigenvalue weighted by molar-refractivity contribution is 6.23. The van der Waals surface area contributed by atoms with Crippen molar-refractivity contribution in [1.29, 1.82) is 0 Å². The smallest absolute Gasteiger partial charge is 0.00199 e. The SMILES string of the molecule is c1ccc(-c2c(-c3cccc4ccccc34)cccc2-c2c3ccccc3c(-c3ccccc3)c3ccccc23)cc1. The van der Waals surface area contributed by atoms with Gasteiger partial charge in [0.1, 0.15) is 0 Å². The molecule has 0 heteroatoms. The molecule has 8 aromatic carbocycles. The molecule has 0 N–H and O–H groups in total. The van der Waals surface area contributed by atoms with Crippen LogP contribution in [-0.4, -0.2) is 0 Å². The molecule has 8 aromatic rings. The Morgan fingerprint density at radius 3 is 1.24 bits per heavy atom. The molecule has 0 nitrogen and oxygen atoms in total. The molecular formula is C42H28. The molecule has 0 saturated heterocycles. The highest BCUT2D eigenvalue weighted by Gasteiger charge is 2.21. The van der Waals surface area contributed by atoms with Gasteiger partial charge in [0, 0.05) is 0 Å². The van der Waals surface area contributed by atoms with Gasteiger partial charge in [0.2, 0.25) is 0 Å². The van der Waals surface area contributed by atoms with Gasteiger partial charge < -0.3 is 0 Å². The summed E-state index contributed by atoms with van der Waals surface area (Å²) < 4.78 is 0. The average molecular weight is 533 g/mol. The first-order chi connectivity index (χ1) is 20.9. The normalized spacial score (nSPS) is 11.3. The third-order valence-electron chi connectivity index (χ3n) is 8.47. The molecule has 0 bridgehead atoms. The molecule has 0 aliphatic heterocycles. The number of hydrogen-bond donors (Lipinski definition) is 0. The topological polar surface area (TPSA) is 0 Å². The fourth-order valence-corrected chi connectivity index (χ4v) is 6.70. The highest BCUT2D eigenvalue weighted by Crippen LogP contribution is 2.48. The number of fused-ring (bicyclic) bond motifs is 3. The maximum atomic E-state index is 2.31. The molecule has 0 unspecified atom stereocenters. The molecule has 0 fully saturated rings. The highest BCUT2D eigenvalue weighted by atomic mass is 14.2. The fourth-order valence-electron chi connectivity index (χ4n) is 6.70. The Kier molecular flexibility index (Phi) is 5.90. The maximum Gasteiger partial charge on any atom is -0.00199 e. The minimum absolute atomic E-state index is 1.22. The van der Waals surface area contributed by atoms with E-state index in [1.54, 1.807) is 0 Å². The van der Waals surface area contributed by atoms with Crippen molar-refractivity contribution in [3.05, 3.63) is 170 Å². The quantitative estimate of drug-likeness (QED) is 0.198. The van der Waals surface area contributed by atoms with Crippen molar-refractivity contribution in [2.45, 2.75) is 0 Å². The van der Waals surface area contributed by atoms with Crippen LogP contribution in [0.4, 0.5) is 0 Å². The minimum atomic E-state index is 1.22. The molecule has 0 aromatic heterocycles. The number of benzene rings is 8. The molecule has 8 rings (SSSR count). The summed E-state index contributed by atoms with van der Waals surface area (Å²) in [7, 11) is 0. The molecule has 0 radical (unpaired) electrons. The summed E-state index contributed by atoms with van der Waals surface area (Å²) >= 11 is 0. The Bertz CT molecular complexity index is 2160. The van der Waals surface area contributed by atoms with E-state index < -0.39 is 0 Å². The van der Waals surface area contributed by atoms with E-state index in [2.05, 4.69) is 170 Å². The van der Waals surface area contributed by atoms with Gasteiger partial charge in [-0.25, -0.2) is 0 Å². The zero-order valence-electron chi connectivity index (χ0n) is 23.2. The number of rotatable bonds is 4. The summed E-state index contributed by atoms with van der Waals surface area (Å²) in [5.74, 6) is 0. The Hall–Kier alpha value is -5.46. The van der Waals surface area contributed by atoms with Crippen LogP contribution in [0.25, 0.3) is 76.8 Å². The summed E-state index contributed by atoms with van der Waals surface area (Å²) in [4.78, 5) is 0. The van der Waals surface area contributed by atoms with Crippen LogP contribution in [0.2, 0.25) is 0 Å². The summed E-state index contributed by atoms with van der Waals surface area (Å²) in [6, 6.07) is 61.7. The van der Waals surface area contributed by atoms with Crippen LogP contribution < -0.4 is 0 Å². The second-order valence-electron chi connectivity index (χ2n) is 10.8. The van der Waals surface area contributed by atoms with E-state index in [9.17, 15) is 0 Å². The van der Waals surface area contributed by atoms with Crippen molar-refractivity contribution in [2.24, 2.45) is 0 Å². The average Bonchev–Trinajstić information content (AvgIpc) is 3.07. The van der Waals surface area contributed by atoms with Gasteiger partial charge >= 0.3 is 0 Å². The summed E-state index contributed by atoms with van der Waals surface area (Å²) in [6.07, 6.45) is 0. The van der Waals surface area contributed by atoms with Gasteiger partial charge in [-0.15, -0.1) is 0 Å². The fraction of sp³-hybridized carbons (Fsp3) is 0. The van der Waals surface area contributed by atoms with Gasteiger partial charge in [0.25, 0.3) is 0 Å². The van der Waals surface area contributed by atoms with E-state index in [1.165, 1.54) is 76.8 Å². The van der Waals surface area contributed by atoms with Crippen LogP contribution in [0.1, 0.15) is 0 Å². The predicted molar refractivity (Wildman–Crippen MR) is 181 cm³/mol. The largest absolute Gasteiger partial charge is 0.0622 e. The summed E-state index contributed by atoms with van der Waals surface area (Å²) in [6.45, 7) is 0. The van der Waals surface area contributed by atoms with Gasteiger partial charge in [0.05, 0.1) is 0 Å². The van der Waals surface area contributed by atoms with Crippen LogP contribution in [0, 0.1) is 0 Å². The van der Waals surface area contributed by atoms with Crippen molar-refractivity contribution in [3.8, 4) is 44.5 Å². The molecule has 0 aliphatic carbocycles. The number of hydrogen-bond acceptors (Lipinski definition) is 0. The molecular weight excluding hydrogens is 504 g/mol. The van der Waals surface area contributed by atoms with Crippen molar-refractivity contribution in [1.82, 2.24) is 0 Å². The molecule has 0 saturated carbocycles.